The summed E-state index contributed by atoms with van der Waals surface area (Å²) in [7, 11) is 5.02. The molecule has 6 nitrogen and oxygen atoms in total. The molecule has 0 unspecified atom stereocenters. The van der Waals surface area contributed by atoms with E-state index in [4.69, 9.17) is 14.2 Å². The lowest BCUT2D eigenvalue weighted by atomic mass is 10.1. The molecule has 2 aromatic rings. The van der Waals surface area contributed by atoms with Crippen LogP contribution in [0.2, 0.25) is 0 Å². The number of nitrogens with zero attached hydrogens (tertiary/aromatic N) is 1. The molecule has 0 aromatic heterocycles. The van der Waals surface area contributed by atoms with Gasteiger partial charge in [0, 0.05) is 20.1 Å². The minimum atomic E-state index is 0. The largest absolute Gasteiger partial charge is 0.494 e. The Hall–Kier alpha value is -2.16. The lowest BCUT2D eigenvalue weighted by Crippen LogP contribution is -2.36. The Morgan fingerprint density at radius 2 is 1.46 bits per heavy atom. The second-order valence-corrected chi connectivity index (χ2v) is 6.00. The van der Waals surface area contributed by atoms with Crippen LogP contribution >= 0.6 is 24.0 Å². The molecule has 7 heteroatoms. The Kier molecular flexibility index (Phi) is 10.5. The van der Waals surface area contributed by atoms with Crippen molar-refractivity contribution in [3.8, 4) is 17.2 Å². The van der Waals surface area contributed by atoms with Crippen LogP contribution in [0.4, 0.5) is 0 Å². The molecule has 0 bridgehead atoms. The van der Waals surface area contributed by atoms with E-state index in [1.54, 1.807) is 21.3 Å². The highest BCUT2D eigenvalue weighted by Crippen LogP contribution is 2.27. The number of rotatable bonds is 8. The summed E-state index contributed by atoms with van der Waals surface area (Å²) in [5, 5.41) is 6.64. The van der Waals surface area contributed by atoms with Gasteiger partial charge >= 0.3 is 0 Å². The van der Waals surface area contributed by atoms with Gasteiger partial charge in [0.1, 0.15) is 5.75 Å². The number of methoxy groups -OCH3 is 2. The number of aryl methyl sites for hydroxylation is 1. The first kappa shape index (κ1) is 23.9. The zero-order valence-corrected chi connectivity index (χ0v) is 19.5. The summed E-state index contributed by atoms with van der Waals surface area (Å²) in [6, 6.07) is 12.0. The fourth-order valence-electron chi connectivity index (χ4n) is 2.72. The maximum atomic E-state index is 5.59. The van der Waals surface area contributed by atoms with Crippen LogP contribution in [-0.4, -0.2) is 33.8 Å². The van der Waals surface area contributed by atoms with Crippen LogP contribution in [-0.2, 0) is 13.1 Å². The molecule has 0 spiro atoms. The van der Waals surface area contributed by atoms with Crippen molar-refractivity contribution in [2.75, 3.05) is 27.9 Å². The number of aliphatic imine (C=N–C) groups is 1. The van der Waals surface area contributed by atoms with Crippen LogP contribution in [0.3, 0.4) is 0 Å². The van der Waals surface area contributed by atoms with E-state index < -0.39 is 0 Å². The van der Waals surface area contributed by atoms with Gasteiger partial charge < -0.3 is 24.8 Å². The Labute approximate surface area is 184 Å². The van der Waals surface area contributed by atoms with E-state index in [0.717, 1.165) is 28.6 Å². The molecule has 0 aliphatic carbocycles. The molecule has 2 rings (SSSR count). The van der Waals surface area contributed by atoms with Gasteiger partial charge in [-0.05, 0) is 48.7 Å². The third-order valence-corrected chi connectivity index (χ3v) is 4.13. The van der Waals surface area contributed by atoms with Crippen LogP contribution in [0.5, 0.6) is 17.2 Å². The predicted molar refractivity (Wildman–Crippen MR) is 124 cm³/mol. The lowest BCUT2D eigenvalue weighted by molar-refractivity contribution is 0.338. The van der Waals surface area contributed by atoms with Gasteiger partial charge in [0.2, 0.25) is 0 Å². The van der Waals surface area contributed by atoms with Crippen molar-refractivity contribution in [3.05, 3.63) is 53.1 Å². The maximum Gasteiger partial charge on any atom is 0.191 e. The molecule has 0 saturated carbocycles. The second-order valence-electron chi connectivity index (χ2n) is 6.00. The predicted octanol–water partition coefficient (Wildman–Crippen LogP) is 3.89. The van der Waals surface area contributed by atoms with Crippen LogP contribution in [0.1, 0.15) is 23.6 Å². The van der Waals surface area contributed by atoms with E-state index in [1.807, 2.05) is 31.2 Å². The highest BCUT2D eigenvalue weighted by Gasteiger charge is 2.06. The highest BCUT2D eigenvalue weighted by atomic mass is 127. The molecule has 0 aliphatic heterocycles. The topological polar surface area (TPSA) is 64.1 Å². The first-order valence-electron chi connectivity index (χ1n) is 8.99. The first-order chi connectivity index (χ1) is 13.1. The fourth-order valence-corrected chi connectivity index (χ4v) is 2.72. The molecule has 0 radical (unpaired) electrons. The molecular formula is C21H30IN3O3. The molecule has 0 atom stereocenters. The van der Waals surface area contributed by atoms with Crippen molar-refractivity contribution in [1.82, 2.24) is 10.6 Å². The summed E-state index contributed by atoms with van der Waals surface area (Å²) in [5.41, 5.74) is 3.38. The Morgan fingerprint density at radius 3 is 1.96 bits per heavy atom. The van der Waals surface area contributed by atoms with Crippen molar-refractivity contribution >= 4 is 29.9 Å². The van der Waals surface area contributed by atoms with E-state index in [0.29, 0.717) is 25.4 Å². The Morgan fingerprint density at radius 1 is 0.893 bits per heavy atom. The average Bonchev–Trinajstić information content (AvgIpc) is 2.69. The normalized spacial score (nSPS) is 10.7. The van der Waals surface area contributed by atoms with Gasteiger partial charge in [0.25, 0.3) is 0 Å². The fraction of sp³-hybridized carbons (Fsp3) is 0.381. The monoisotopic (exact) mass is 499 g/mol. The number of guanidine groups is 1. The number of hydrogen-bond acceptors (Lipinski definition) is 4. The van der Waals surface area contributed by atoms with Gasteiger partial charge in [-0.25, -0.2) is 0 Å². The minimum Gasteiger partial charge on any atom is -0.494 e. The average molecular weight is 499 g/mol. The third kappa shape index (κ3) is 6.78. The molecule has 2 N–H and O–H groups in total. The molecule has 0 amide bonds. The molecule has 0 fully saturated rings. The van der Waals surface area contributed by atoms with E-state index in [9.17, 15) is 0 Å². The van der Waals surface area contributed by atoms with Gasteiger partial charge in [0.15, 0.2) is 17.5 Å². The third-order valence-electron chi connectivity index (χ3n) is 4.13. The van der Waals surface area contributed by atoms with E-state index in [-0.39, 0.29) is 24.0 Å². The van der Waals surface area contributed by atoms with Crippen molar-refractivity contribution in [1.29, 1.82) is 0 Å². The van der Waals surface area contributed by atoms with Crippen molar-refractivity contribution in [2.45, 2.75) is 26.9 Å². The number of ether oxygens (including phenoxy) is 3. The summed E-state index contributed by atoms with van der Waals surface area (Å²) in [6.07, 6.45) is 0. The molecular weight excluding hydrogens is 469 g/mol. The van der Waals surface area contributed by atoms with Gasteiger partial charge in [-0.1, -0.05) is 18.2 Å². The molecule has 0 heterocycles. The summed E-state index contributed by atoms with van der Waals surface area (Å²) >= 11 is 0. The van der Waals surface area contributed by atoms with Crippen molar-refractivity contribution < 1.29 is 14.2 Å². The standard InChI is InChI=1S/C21H29N3O3.HI/c1-6-27-18-9-7-16(11-15(18)2)13-23-21(22-3)24-14-17-8-10-19(25-4)20(12-17)26-5;/h7-12H,6,13-14H2,1-5H3,(H2,22,23,24);1H. The smallest absolute Gasteiger partial charge is 0.191 e. The van der Waals surface area contributed by atoms with E-state index >= 15 is 0 Å². The summed E-state index contributed by atoms with van der Waals surface area (Å²) in [5.74, 6) is 3.09. The summed E-state index contributed by atoms with van der Waals surface area (Å²) < 4.78 is 16.2. The zero-order chi connectivity index (χ0) is 19.6. The number of benzene rings is 2. The summed E-state index contributed by atoms with van der Waals surface area (Å²) in [4.78, 5) is 4.28. The van der Waals surface area contributed by atoms with Crippen molar-refractivity contribution in [3.63, 3.8) is 0 Å². The highest BCUT2D eigenvalue weighted by molar-refractivity contribution is 14.0. The molecule has 2 aromatic carbocycles. The first-order valence-corrected chi connectivity index (χ1v) is 8.99. The lowest BCUT2D eigenvalue weighted by Gasteiger charge is -2.14. The van der Waals surface area contributed by atoms with Gasteiger partial charge in [-0.3, -0.25) is 4.99 Å². The second kappa shape index (κ2) is 12.3. The molecule has 154 valence electrons. The zero-order valence-electron chi connectivity index (χ0n) is 17.2. The van der Waals surface area contributed by atoms with Crippen LogP contribution < -0.4 is 24.8 Å². The van der Waals surface area contributed by atoms with Gasteiger partial charge in [-0.15, -0.1) is 24.0 Å². The van der Waals surface area contributed by atoms with E-state index in [2.05, 4.69) is 34.7 Å². The molecule has 0 saturated heterocycles. The number of hydrogen-bond donors (Lipinski definition) is 2. The number of halogens is 1. The SMILES string of the molecule is CCOc1ccc(CNC(=NC)NCc2ccc(OC)c(OC)c2)cc1C.I. The van der Waals surface area contributed by atoms with Gasteiger partial charge in [0.05, 0.1) is 20.8 Å². The van der Waals surface area contributed by atoms with Gasteiger partial charge in [-0.2, -0.15) is 0 Å². The molecule has 28 heavy (non-hydrogen) atoms. The van der Waals surface area contributed by atoms with E-state index in [1.165, 1.54) is 5.56 Å². The Balaban J connectivity index is 0.00000392. The Bertz CT molecular complexity index is 781. The van der Waals surface area contributed by atoms with Crippen molar-refractivity contribution in [2.24, 2.45) is 4.99 Å². The molecule has 0 aliphatic rings. The van der Waals surface area contributed by atoms with Crippen LogP contribution in [0.15, 0.2) is 41.4 Å². The van der Waals surface area contributed by atoms with Crippen LogP contribution in [0, 0.1) is 6.92 Å². The van der Waals surface area contributed by atoms with Crippen LogP contribution in [0.25, 0.3) is 0 Å². The maximum absolute atomic E-state index is 5.59. The minimum absolute atomic E-state index is 0. The quantitative estimate of drug-likeness (QED) is 0.328. The number of nitrogens with one attached hydrogen (secondary N) is 2. The summed E-state index contributed by atoms with van der Waals surface area (Å²) in [6.45, 7) is 6.02.